The maximum Gasteiger partial charge on any atom is 0.228 e. The quantitative estimate of drug-likeness (QED) is 0.486. The fourth-order valence-electron chi connectivity index (χ4n) is 3.58. The van der Waals surface area contributed by atoms with E-state index < -0.39 is 12.0 Å². The molecule has 1 atom stereocenters. The number of halogens is 1. The molecule has 0 bridgehead atoms. The van der Waals surface area contributed by atoms with Gasteiger partial charge in [-0.15, -0.1) is 0 Å². The third kappa shape index (κ3) is 5.14. The molecule has 3 aromatic rings. The summed E-state index contributed by atoms with van der Waals surface area (Å²) < 4.78 is 11.7. The van der Waals surface area contributed by atoms with Crippen molar-refractivity contribution in [3.8, 4) is 11.6 Å². The second kappa shape index (κ2) is 9.49. The number of rotatable bonds is 9. The number of nitrogens with zero attached hydrogens (tertiary/aromatic N) is 1. The molecule has 1 aliphatic carbocycles. The smallest absolute Gasteiger partial charge is 0.228 e. The van der Waals surface area contributed by atoms with Crippen LogP contribution in [0.25, 0.3) is 10.8 Å². The minimum atomic E-state index is -1.15. The summed E-state index contributed by atoms with van der Waals surface area (Å²) in [6, 6.07) is 15.9. The molecule has 0 saturated heterocycles. The van der Waals surface area contributed by atoms with Gasteiger partial charge in [0.25, 0.3) is 0 Å². The van der Waals surface area contributed by atoms with Crippen molar-refractivity contribution in [2.75, 3.05) is 0 Å². The van der Waals surface area contributed by atoms with Gasteiger partial charge in [0, 0.05) is 11.8 Å². The number of aliphatic carboxylic acids is 1. The molecule has 0 saturated carbocycles. The van der Waals surface area contributed by atoms with Gasteiger partial charge >= 0.3 is 0 Å². The molecule has 166 valence electrons. The van der Waals surface area contributed by atoms with Gasteiger partial charge in [-0.05, 0) is 61.9 Å². The highest BCUT2D eigenvalue weighted by Crippen LogP contribution is 2.31. The van der Waals surface area contributed by atoms with Gasteiger partial charge in [0.2, 0.25) is 5.88 Å². The number of nitrogens with one attached hydrogen (secondary N) is 1. The number of carboxylic acid groups (broad SMARTS) is 1. The van der Waals surface area contributed by atoms with E-state index in [0.717, 1.165) is 40.6 Å². The maximum absolute atomic E-state index is 11.7. The molecule has 1 heterocycles. The van der Waals surface area contributed by atoms with Crippen LogP contribution in [0, 0.1) is 0 Å². The molecule has 0 fully saturated rings. The Labute approximate surface area is 191 Å². The van der Waals surface area contributed by atoms with Crippen molar-refractivity contribution in [3.05, 3.63) is 76.8 Å². The molecule has 4 rings (SSSR count). The van der Waals surface area contributed by atoms with E-state index in [-0.39, 0.29) is 12.5 Å². The van der Waals surface area contributed by atoms with Crippen molar-refractivity contribution in [2.24, 2.45) is 0 Å². The number of allylic oxidation sites excluding steroid dienone is 2. The summed E-state index contributed by atoms with van der Waals surface area (Å²) in [4.78, 5) is 16.0. The predicted octanol–water partition coefficient (Wildman–Crippen LogP) is 4.36. The van der Waals surface area contributed by atoms with E-state index in [2.05, 4.69) is 10.3 Å². The molecule has 6 nitrogen and oxygen atoms in total. The molecule has 1 N–H and O–H groups in total. The fourth-order valence-corrected chi connectivity index (χ4v) is 3.77. The van der Waals surface area contributed by atoms with Crippen LogP contribution in [0.1, 0.15) is 32.3 Å². The Bertz CT molecular complexity index is 1160. The normalized spacial score (nSPS) is 14.2. The first-order chi connectivity index (χ1) is 15.4. The minimum absolute atomic E-state index is 0.0575. The van der Waals surface area contributed by atoms with Crippen LogP contribution in [0.4, 0.5) is 0 Å². The summed E-state index contributed by atoms with van der Waals surface area (Å²) in [5.74, 6) is 0.685. The first-order valence-corrected chi connectivity index (χ1v) is 10.9. The monoisotopic (exact) mass is 451 g/mol. The third-order valence-corrected chi connectivity index (χ3v) is 5.40. The van der Waals surface area contributed by atoms with Crippen LogP contribution in [0.3, 0.4) is 0 Å². The maximum atomic E-state index is 11.7. The lowest BCUT2D eigenvalue weighted by atomic mass is 9.99. The Morgan fingerprint density at radius 3 is 2.56 bits per heavy atom. The van der Waals surface area contributed by atoms with E-state index in [1.807, 2.05) is 50.2 Å². The van der Waals surface area contributed by atoms with E-state index in [9.17, 15) is 9.90 Å². The molecule has 1 aromatic heterocycles. The first-order valence-electron chi connectivity index (χ1n) is 10.6. The molecule has 0 amide bonds. The van der Waals surface area contributed by atoms with Crippen LogP contribution in [0.5, 0.6) is 11.6 Å². The van der Waals surface area contributed by atoms with Gasteiger partial charge < -0.3 is 24.7 Å². The van der Waals surface area contributed by atoms with Crippen molar-refractivity contribution in [3.63, 3.8) is 0 Å². The molecule has 7 heteroatoms. The lowest BCUT2D eigenvalue weighted by Crippen LogP contribution is -2.47. The van der Waals surface area contributed by atoms with Crippen LogP contribution in [-0.2, 0) is 16.0 Å². The summed E-state index contributed by atoms with van der Waals surface area (Å²) in [6.45, 7) is 3.90. The van der Waals surface area contributed by atoms with Crippen molar-refractivity contribution < 1.29 is 19.4 Å². The molecule has 0 radical (unpaired) electrons. The predicted molar refractivity (Wildman–Crippen MR) is 121 cm³/mol. The number of pyridine rings is 1. The van der Waals surface area contributed by atoms with E-state index in [0.29, 0.717) is 16.8 Å². The Morgan fingerprint density at radius 1 is 1.16 bits per heavy atom. The summed E-state index contributed by atoms with van der Waals surface area (Å²) in [5, 5.41) is 16.9. The molecular formula is C25H24ClN2O4-. The van der Waals surface area contributed by atoms with Crippen molar-refractivity contribution in [1.82, 2.24) is 10.3 Å². The highest BCUT2D eigenvalue weighted by molar-refractivity contribution is 6.30. The Kier molecular flexibility index (Phi) is 6.51. The van der Waals surface area contributed by atoms with Crippen LogP contribution in [0.15, 0.2) is 66.1 Å². The number of hydrogen-bond donors (Lipinski definition) is 1. The van der Waals surface area contributed by atoms with Crippen molar-refractivity contribution in [1.29, 1.82) is 0 Å². The number of carbonyl (C=O) groups excluding carboxylic acids is 1. The zero-order chi connectivity index (χ0) is 22.7. The minimum Gasteiger partial charge on any atom is -0.548 e. The summed E-state index contributed by atoms with van der Waals surface area (Å²) in [6.07, 6.45) is 1.93. The van der Waals surface area contributed by atoms with E-state index in [1.165, 1.54) is 0 Å². The van der Waals surface area contributed by atoms with Gasteiger partial charge in [-0.3, -0.25) is 0 Å². The van der Waals surface area contributed by atoms with Gasteiger partial charge in [-0.1, -0.05) is 41.9 Å². The van der Waals surface area contributed by atoms with Crippen LogP contribution in [-0.4, -0.2) is 23.1 Å². The third-order valence-electron chi connectivity index (χ3n) is 5.20. The van der Waals surface area contributed by atoms with Crippen LogP contribution in [0.2, 0.25) is 5.15 Å². The molecule has 32 heavy (non-hydrogen) atoms. The van der Waals surface area contributed by atoms with E-state index in [1.54, 1.807) is 18.2 Å². The Hall–Kier alpha value is -3.25. The summed E-state index contributed by atoms with van der Waals surface area (Å²) >= 11 is 6.13. The van der Waals surface area contributed by atoms with Gasteiger partial charge in [-0.25, -0.2) is 4.98 Å². The molecular weight excluding hydrogens is 428 g/mol. The first kappa shape index (κ1) is 22.0. The van der Waals surface area contributed by atoms with Crippen LogP contribution >= 0.6 is 11.6 Å². The second-order valence-corrected chi connectivity index (χ2v) is 8.39. The molecule has 0 aliphatic heterocycles. The molecule has 1 unspecified atom stereocenters. The van der Waals surface area contributed by atoms with E-state index in [4.69, 9.17) is 21.1 Å². The van der Waals surface area contributed by atoms with Gasteiger partial charge in [0.05, 0.1) is 23.8 Å². The van der Waals surface area contributed by atoms with E-state index >= 15 is 0 Å². The second-order valence-electron chi connectivity index (χ2n) is 8.01. The number of benzene rings is 2. The Balaban J connectivity index is 1.46. The average molecular weight is 452 g/mol. The van der Waals surface area contributed by atoms with Gasteiger partial charge in [0.1, 0.15) is 16.7 Å². The Morgan fingerprint density at radius 2 is 1.91 bits per heavy atom. The summed E-state index contributed by atoms with van der Waals surface area (Å²) in [7, 11) is 0. The largest absolute Gasteiger partial charge is 0.548 e. The highest BCUT2D eigenvalue weighted by Gasteiger charge is 2.23. The van der Waals surface area contributed by atoms with Gasteiger partial charge in [-0.2, -0.15) is 0 Å². The number of carbonyl (C=O) groups is 1. The van der Waals surface area contributed by atoms with Gasteiger partial charge in [0.15, 0.2) is 0 Å². The lowest BCUT2D eigenvalue weighted by molar-refractivity contribution is -0.308. The van der Waals surface area contributed by atoms with Crippen molar-refractivity contribution in [2.45, 2.75) is 45.3 Å². The molecule has 2 aromatic carbocycles. The number of aromatic nitrogens is 1. The molecule has 0 spiro atoms. The zero-order valence-electron chi connectivity index (χ0n) is 17.9. The number of ether oxygens (including phenoxy) is 2. The molecule has 1 aliphatic rings. The SMILES string of the molecule is CC(C)OC1=C(NC(Cc2ccc(Oc3nc(Cl)cc4ccccc34)cc2)C(=O)[O-])CC1. The van der Waals surface area contributed by atoms with Crippen molar-refractivity contribution >= 4 is 28.3 Å². The standard InChI is InChI=1S/C25H25ClN2O4/c1-15(2)31-22-12-11-20(22)27-21(25(29)30)13-16-7-9-18(10-8-16)32-24-19-6-4-3-5-17(19)14-23(26)28-24/h3-10,14-15,21,27H,11-13H2,1-2H3,(H,29,30)/p-1. The number of carboxylic acids is 1. The number of hydrogen-bond acceptors (Lipinski definition) is 6. The topological polar surface area (TPSA) is 83.5 Å². The number of fused-ring (bicyclic) bond motifs is 1. The summed E-state index contributed by atoms with van der Waals surface area (Å²) in [5.41, 5.74) is 1.68. The lowest BCUT2D eigenvalue weighted by Gasteiger charge is -2.31. The zero-order valence-corrected chi connectivity index (χ0v) is 18.7. The fraction of sp³-hybridized carbons (Fsp3) is 0.280. The van der Waals surface area contributed by atoms with Crippen LogP contribution < -0.4 is 15.2 Å². The highest BCUT2D eigenvalue weighted by atomic mass is 35.5. The average Bonchev–Trinajstić information content (AvgIpc) is 2.75.